The number of fused-ring (bicyclic) bond motifs is 10. The molecule has 2 aromatic carbocycles. The summed E-state index contributed by atoms with van der Waals surface area (Å²) in [6, 6.07) is 13.6. The second kappa shape index (κ2) is 5.41. The maximum absolute atomic E-state index is 6.17. The van der Waals surface area contributed by atoms with Crippen LogP contribution in [0, 0.1) is 23.7 Å². The summed E-state index contributed by atoms with van der Waals surface area (Å²) >= 11 is 6.17. The second-order valence-corrected chi connectivity index (χ2v) is 10.6. The van der Waals surface area contributed by atoms with Crippen LogP contribution in [0.1, 0.15) is 79.4 Å². The highest BCUT2D eigenvalue weighted by Crippen LogP contribution is 2.71. The molecule has 7 unspecified atom stereocenters. The quantitative estimate of drug-likeness (QED) is 0.509. The minimum absolute atomic E-state index is 0.842. The van der Waals surface area contributed by atoms with Crippen molar-refractivity contribution in [2.75, 3.05) is 0 Å². The van der Waals surface area contributed by atoms with Gasteiger partial charge in [-0.25, -0.2) is 0 Å². The van der Waals surface area contributed by atoms with E-state index >= 15 is 0 Å². The molecule has 0 saturated heterocycles. The zero-order chi connectivity index (χ0) is 17.7. The van der Waals surface area contributed by atoms with Gasteiger partial charge >= 0.3 is 0 Å². The SMILES string of the molecule is Clc1ccc(-c2ccc(C3CC4CCC3C4)c3c2C2C4CCC(C4)C32)cc1. The van der Waals surface area contributed by atoms with Crippen molar-refractivity contribution < 1.29 is 0 Å². The Morgan fingerprint density at radius 1 is 0.667 bits per heavy atom. The molecule has 138 valence electrons. The van der Waals surface area contributed by atoms with Crippen LogP contribution >= 0.6 is 11.6 Å². The molecule has 0 heterocycles. The van der Waals surface area contributed by atoms with Gasteiger partial charge in [0, 0.05) is 5.02 Å². The fourth-order valence-corrected chi connectivity index (χ4v) is 8.37. The lowest BCUT2D eigenvalue weighted by Crippen LogP contribution is -2.33. The first-order chi connectivity index (χ1) is 13.3. The number of halogens is 1. The first kappa shape index (κ1) is 15.6. The van der Waals surface area contributed by atoms with Crippen molar-refractivity contribution >= 4 is 11.6 Å². The van der Waals surface area contributed by atoms with Gasteiger partial charge < -0.3 is 0 Å². The number of rotatable bonds is 2. The van der Waals surface area contributed by atoms with E-state index in [0.29, 0.717) is 0 Å². The van der Waals surface area contributed by atoms with E-state index in [2.05, 4.69) is 36.4 Å². The van der Waals surface area contributed by atoms with Gasteiger partial charge in [-0.15, -0.1) is 0 Å². The molecule has 0 amide bonds. The smallest absolute Gasteiger partial charge is 0.0406 e. The van der Waals surface area contributed by atoms with Crippen LogP contribution in [0.15, 0.2) is 36.4 Å². The summed E-state index contributed by atoms with van der Waals surface area (Å²) < 4.78 is 0. The summed E-state index contributed by atoms with van der Waals surface area (Å²) in [6.07, 6.45) is 10.4. The maximum Gasteiger partial charge on any atom is 0.0406 e. The molecule has 5 aliphatic rings. The molecule has 2 aromatic rings. The number of hydrogen-bond acceptors (Lipinski definition) is 0. The third-order valence-corrected chi connectivity index (χ3v) is 9.45. The van der Waals surface area contributed by atoms with Crippen molar-refractivity contribution in [3.8, 4) is 11.1 Å². The summed E-state index contributed by atoms with van der Waals surface area (Å²) in [6.45, 7) is 0. The summed E-state index contributed by atoms with van der Waals surface area (Å²) in [5, 5.41) is 0.842. The fraction of sp³-hybridized carbons (Fsp3) is 0.538. The second-order valence-electron chi connectivity index (χ2n) is 10.2. The highest BCUT2D eigenvalue weighted by molar-refractivity contribution is 6.30. The summed E-state index contributed by atoms with van der Waals surface area (Å²) in [5.74, 6) is 6.61. The fourth-order valence-electron chi connectivity index (χ4n) is 8.24. The van der Waals surface area contributed by atoms with Crippen LogP contribution in [0.3, 0.4) is 0 Å². The Hall–Kier alpha value is -1.27. The van der Waals surface area contributed by atoms with Crippen LogP contribution in [0.5, 0.6) is 0 Å². The van der Waals surface area contributed by atoms with Crippen LogP contribution in [0.2, 0.25) is 5.02 Å². The molecule has 4 bridgehead atoms. The van der Waals surface area contributed by atoms with Crippen molar-refractivity contribution in [2.45, 2.75) is 62.7 Å². The van der Waals surface area contributed by atoms with Gasteiger partial charge in [0.25, 0.3) is 0 Å². The molecule has 0 aliphatic heterocycles. The minimum Gasteiger partial charge on any atom is -0.0843 e. The topological polar surface area (TPSA) is 0 Å². The van der Waals surface area contributed by atoms with E-state index in [1.54, 1.807) is 11.1 Å². The average molecular weight is 375 g/mol. The monoisotopic (exact) mass is 374 g/mol. The van der Waals surface area contributed by atoms with E-state index in [-0.39, 0.29) is 0 Å². The molecular formula is C26H27Cl. The lowest BCUT2D eigenvalue weighted by molar-refractivity contribution is 0.315. The van der Waals surface area contributed by atoms with Gasteiger partial charge in [-0.1, -0.05) is 42.3 Å². The molecule has 7 rings (SSSR count). The van der Waals surface area contributed by atoms with Gasteiger partial charge in [-0.05, 0) is 120 Å². The maximum atomic E-state index is 6.17. The van der Waals surface area contributed by atoms with E-state index in [4.69, 9.17) is 11.6 Å². The Morgan fingerprint density at radius 2 is 1.41 bits per heavy atom. The molecule has 4 saturated carbocycles. The largest absolute Gasteiger partial charge is 0.0843 e. The molecule has 4 fully saturated rings. The third-order valence-electron chi connectivity index (χ3n) is 9.20. The zero-order valence-corrected chi connectivity index (χ0v) is 16.6. The Kier molecular flexibility index (Phi) is 3.13. The van der Waals surface area contributed by atoms with Gasteiger partial charge in [0.1, 0.15) is 0 Å². The van der Waals surface area contributed by atoms with Crippen molar-refractivity contribution in [1.82, 2.24) is 0 Å². The Labute approximate surface area is 167 Å². The van der Waals surface area contributed by atoms with Gasteiger partial charge in [0.2, 0.25) is 0 Å². The average Bonchev–Trinajstić information content (AvgIpc) is 3.44. The molecule has 5 aliphatic carbocycles. The van der Waals surface area contributed by atoms with Crippen molar-refractivity contribution in [1.29, 1.82) is 0 Å². The van der Waals surface area contributed by atoms with Gasteiger partial charge in [0.05, 0.1) is 0 Å². The van der Waals surface area contributed by atoms with E-state index in [1.165, 1.54) is 56.1 Å². The molecular weight excluding hydrogens is 348 g/mol. The van der Waals surface area contributed by atoms with Crippen LogP contribution in [0.4, 0.5) is 0 Å². The van der Waals surface area contributed by atoms with Crippen LogP contribution < -0.4 is 0 Å². The Bertz CT molecular complexity index is 926. The highest BCUT2D eigenvalue weighted by Gasteiger charge is 2.57. The first-order valence-corrected chi connectivity index (χ1v) is 11.6. The predicted molar refractivity (Wildman–Crippen MR) is 111 cm³/mol. The molecule has 0 nitrogen and oxygen atoms in total. The molecule has 0 N–H and O–H groups in total. The molecule has 0 aromatic heterocycles. The lowest BCUT2D eigenvalue weighted by Gasteiger charge is -2.47. The highest BCUT2D eigenvalue weighted by atomic mass is 35.5. The van der Waals surface area contributed by atoms with Gasteiger partial charge in [0.15, 0.2) is 0 Å². The van der Waals surface area contributed by atoms with Crippen LogP contribution in [-0.2, 0) is 0 Å². The van der Waals surface area contributed by atoms with Crippen molar-refractivity contribution in [3.63, 3.8) is 0 Å². The van der Waals surface area contributed by atoms with Crippen molar-refractivity contribution in [2.24, 2.45) is 23.7 Å². The van der Waals surface area contributed by atoms with Crippen molar-refractivity contribution in [3.05, 3.63) is 58.1 Å². The number of benzene rings is 2. The van der Waals surface area contributed by atoms with E-state index in [9.17, 15) is 0 Å². The number of hydrogen-bond donors (Lipinski definition) is 0. The summed E-state index contributed by atoms with van der Waals surface area (Å²) in [4.78, 5) is 0. The molecule has 7 atom stereocenters. The van der Waals surface area contributed by atoms with E-state index in [0.717, 1.165) is 46.4 Å². The standard InChI is InChI=1S/C26H27Cl/c27-19-7-5-15(6-8-19)20-9-10-21(22-12-14-1-2-16(22)11-14)26-24-18-4-3-17(13-18)23(24)25(20)26/h5-10,14,16-18,22-24H,1-4,11-13H2. The van der Waals surface area contributed by atoms with Crippen LogP contribution in [-0.4, -0.2) is 0 Å². The molecule has 0 radical (unpaired) electrons. The molecule has 1 heteroatoms. The lowest BCUT2D eigenvalue weighted by atomic mass is 9.57. The Balaban J connectivity index is 1.40. The van der Waals surface area contributed by atoms with E-state index < -0.39 is 0 Å². The minimum atomic E-state index is 0.842. The normalized spacial score (nSPS) is 40.1. The summed E-state index contributed by atoms with van der Waals surface area (Å²) in [5.41, 5.74) is 8.26. The predicted octanol–water partition coefficient (Wildman–Crippen LogP) is 7.52. The zero-order valence-electron chi connectivity index (χ0n) is 15.8. The van der Waals surface area contributed by atoms with Gasteiger partial charge in [-0.3, -0.25) is 0 Å². The molecule has 0 spiro atoms. The van der Waals surface area contributed by atoms with Crippen LogP contribution in [0.25, 0.3) is 11.1 Å². The third kappa shape index (κ3) is 2.01. The van der Waals surface area contributed by atoms with Gasteiger partial charge in [-0.2, -0.15) is 0 Å². The summed E-state index contributed by atoms with van der Waals surface area (Å²) in [7, 11) is 0. The molecule has 27 heavy (non-hydrogen) atoms. The van der Waals surface area contributed by atoms with E-state index in [1.807, 2.05) is 5.56 Å². The first-order valence-electron chi connectivity index (χ1n) is 11.2. The Morgan fingerprint density at radius 3 is 2.11 bits per heavy atom.